The summed E-state index contributed by atoms with van der Waals surface area (Å²) in [7, 11) is 0. The predicted octanol–water partition coefficient (Wildman–Crippen LogP) is -0.217. The maximum atomic E-state index is 12.6. The highest BCUT2D eigenvalue weighted by atomic mass is 16.6. The number of aromatic amines is 1. The van der Waals surface area contributed by atoms with Gasteiger partial charge in [0.05, 0.1) is 25.4 Å². The summed E-state index contributed by atoms with van der Waals surface area (Å²) in [5, 5.41) is 12.0. The zero-order valence-corrected chi connectivity index (χ0v) is 20.3. The van der Waals surface area contributed by atoms with Gasteiger partial charge in [0.1, 0.15) is 0 Å². The molecule has 198 valence electrons. The van der Waals surface area contributed by atoms with Crippen LogP contribution in [0.5, 0.6) is 0 Å². The number of carbonyl (C=O) groups is 5. The molecule has 0 radical (unpaired) electrons. The number of ether oxygens (including phenoxy) is 2. The maximum absolute atomic E-state index is 12.6. The van der Waals surface area contributed by atoms with Gasteiger partial charge < -0.3 is 14.6 Å². The number of hydrogen-bond acceptors (Lipinski definition) is 10. The van der Waals surface area contributed by atoms with Crippen molar-refractivity contribution in [1.29, 1.82) is 0 Å². The zero-order chi connectivity index (χ0) is 27.0. The molecule has 0 aromatic carbocycles. The number of hydrogen-bond donors (Lipinski definition) is 3. The summed E-state index contributed by atoms with van der Waals surface area (Å²) < 4.78 is 12.9. The second-order valence-corrected chi connectivity index (χ2v) is 9.18. The van der Waals surface area contributed by atoms with Gasteiger partial charge in [-0.3, -0.25) is 48.5 Å². The molecule has 0 spiro atoms. The number of anilines is 1. The average molecular weight is 518 g/mol. The molecule has 2 aromatic heterocycles. The van der Waals surface area contributed by atoms with Crippen LogP contribution in [0.25, 0.3) is 11.2 Å². The quantitative estimate of drug-likeness (QED) is 0.308. The highest BCUT2D eigenvalue weighted by molar-refractivity contribution is 6.02. The van der Waals surface area contributed by atoms with E-state index in [1.807, 2.05) is 0 Å². The lowest BCUT2D eigenvalue weighted by atomic mass is 9.93. The Bertz CT molecular complexity index is 1320. The van der Waals surface area contributed by atoms with Crippen LogP contribution in [0.4, 0.5) is 5.95 Å². The van der Waals surface area contributed by atoms with Crippen LogP contribution in [-0.2, 0) is 33.4 Å². The summed E-state index contributed by atoms with van der Waals surface area (Å²) in [5.74, 6) is -4.65. The Balaban J connectivity index is 1.76. The van der Waals surface area contributed by atoms with E-state index in [9.17, 15) is 33.9 Å². The molecule has 2 aliphatic rings. The number of rotatable bonds is 8. The maximum Gasteiger partial charge on any atom is 0.303 e. The molecule has 37 heavy (non-hydrogen) atoms. The van der Waals surface area contributed by atoms with Crippen molar-refractivity contribution in [3.05, 3.63) is 16.7 Å². The molecular weight excluding hydrogens is 492 g/mol. The minimum atomic E-state index is -1.21. The van der Waals surface area contributed by atoms with E-state index in [2.05, 4.69) is 20.3 Å². The first-order chi connectivity index (χ1) is 17.5. The molecular formula is C22H26N6O9. The number of likely N-dealkylation sites (tertiary alicyclic amines) is 1. The van der Waals surface area contributed by atoms with Gasteiger partial charge in [-0.05, 0) is 0 Å². The molecule has 0 aliphatic carbocycles. The number of carboxylic acid groups (broad SMARTS) is 1. The second-order valence-electron chi connectivity index (χ2n) is 9.18. The summed E-state index contributed by atoms with van der Waals surface area (Å²) in [4.78, 5) is 84.6. The summed E-state index contributed by atoms with van der Waals surface area (Å²) in [6.07, 6.45) is -2.58. The van der Waals surface area contributed by atoms with Gasteiger partial charge in [0, 0.05) is 31.6 Å². The van der Waals surface area contributed by atoms with Crippen molar-refractivity contribution in [2.75, 3.05) is 11.9 Å². The van der Waals surface area contributed by atoms with Crippen LogP contribution in [-0.4, -0.2) is 77.9 Å². The van der Waals surface area contributed by atoms with Crippen molar-refractivity contribution < 1.29 is 38.6 Å². The van der Waals surface area contributed by atoms with E-state index in [0.29, 0.717) is 0 Å². The van der Waals surface area contributed by atoms with E-state index in [-0.39, 0.29) is 36.5 Å². The average Bonchev–Trinajstić information content (AvgIpc) is 3.46. The van der Waals surface area contributed by atoms with E-state index in [1.54, 1.807) is 13.8 Å². The molecule has 15 heteroatoms. The van der Waals surface area contributed by atoms with Crippen LogP contribution in [0, 0.1) is 11.8 Å². The highest BCUT2D eigenvalue weighted by Gasteiger charge is 2.50. The van der Waals surface area contributed by atoms with Crippen molar-refractivity contribution in [2.24, 2.45) is 11.8 Å². The van der Waals surface area contributed by atoms with Gasteiger partial charge in [-0.25, -0.2) is 4.98 Å². The van der Waals surface area contributed by atoms with Gasteiger partial charge in [-0.15, -0.1) is 0 Å². The third kappa shape index (κ3) is 5.21. The monoisotopic (exact) mass is 518 g/mol. The molecule has 2 fully saturated rings. The number of carbonyl (C=O) groups excluding carboxylic acids is 4. The minimum absolute atomic E-state index is 0.0204. The molecule has 2 aliphatic heterocycles. The number of esters is 1. The molecule has 4 heterocycles. The SMILES string of the molecule is CC(=O)O[C@@H]1[C@H](CC(=O)O)[C@H](CN2C(=O)CCC2=O)O[C@H]1n1cnc2c(=O)[nH]c(NC(=O)C(C)C)nc21. The number of imide groups is 1. The largest absolute Gasteiger partial charge is 0.481 e. The fraction of sp³-hybridized carbons (Fsp3) is 0.545. The molecule has 3 N–H and O–H groups in total. The van der Waals surface area contributed by atoms with E-state index in [1.165, 1.54) is 10.9 Å². The lowest BCUT2D eigenvalue weighted by molar-refractivity contribution is -0.155. The highest BCUT2D eigenvalue weighted by Crippen LogP contribution is 2.40. The standard InChI is InChI=1S/C22H26N6O9/c1-9(2)19(34)25-22-24-18-16(20(35)26-22)23-8-28(18)21-17(36-10(3)29)11(6-15(32)33)12(37-21)7-27-13(30)4-5-14(27)31/h8-9,11-12,17,21H,4-7H2,1-3H3,(H,32,33)(H2,24,25,26,34,35)/t11-,12+,17-,21-/m1/s1. The topological polar surface area (TPSA) is 203 Å². The minimum Gasteiger partial charge on any atom is -0.481 e. The normalized spacial score (nSPS) is 23.7. The number of carboxylic acids is 1. The summed E-state index contributed by atoms with van der Waals surface area (Å²) in [6.45, 7) is 4.22. The van der Waals surface area contributed by atoms with Gasteiger partial charge >= 0.3 is 11.9 Å². The predicted molar refractivity (Wildman–Crippen MR) is 123 cm³/mol. The first-order valence-electron chi connectivity index (χ1n) is 11.6. The van der Waals surface area contributed by atoms with E-state index in [0.717, 1.165) is 11.8 Å². The van der Waals surface area contributed by atoms with Crippen LogP contribution >= 0.6 is 0 Å². The van der Waals surface area contributed by atoms with Gasteiger partial charge in [0.25, 0.3) is 5.56 Å². The Morgan fingerprint density at radius 3 is 2.51 bits per heavy atom. The lowest BCUT2D eigenvalue weighted by Gasteiger charge is -2.24. The van der Waals surface area contributed by atoms with Crippen LogP contribution in [0.15, 0.2) is 11.1 Å². The molecule has 4 rings (SSSR count). The summed E-state index contributed by atoms with van der Waals surface area (Å²) in [6, 6.07) is 0. The Labute approximate surface area is 209 Å². The van der Waals surface area contributed by atoms with Crippen LogP contribution < -0.4 is 10.9 Å². The lowest BCUT2D eigenvalue weighted by Crippen LogP contribution is -2.41. The second kappa shape index (κ2) is 10.1. The van der Waals surface area contributed by atoms with Crippen LogP contribution in [0.3, 0.4) is 0 Å². The molecule has 15 nitrogen and oxygen atoms in total. The zero-order valence-electron chi connectivity index (χ0n) is 20.3. The summed E-state index contributed by atoms with van der Waals surface area (Å²) in [5.41, 5.74) is -0.777. The number of aromatic nitrogens is 4. The number of imidazole rings is 1. The van der Waals surface area contributed by atoms with Crippen molar-refractivity contribution in [3.63, 3.8) is 0 Å². The number of nitrogens with one attached hydrogen (secondary N) is 2. The fourth-order valence-electron chi connectivity index (χ4n) is 4.41. The number of fused-ring (bicyclic) bond motifs is 1. The van der Waals surface area contributed by atoms with Crippen molar-refractivity contribution in [1.82, 2.24) is 24.4 Å². The number of nitrogens with zero attached hydrogens (tertiary/aromatic N) is 4. The first-order valence-corrected chi connectivity index (χ1v) is 11.6. The molecule has 2 saturated heterocycles. The van der Waals surface area contributed by atoms with Gasteiger partial charge in [0.15, 0.2) is 23.5 Å². The molecule has 0 saturated carbocycles. The third-order valence-electron chi connectivity index (χ3n) is 6.20. The van der Waals surface area contributed by atoms with Crippen LogP contribution in [0.2, 0.25) is 0 Å². The van der Waals surface area contributed by atoms with Gasteiger partial charge in [0.2, 0.25) is 23.7 Å². The Kier molecular flexibility index (Phi) is 7.07. The molecule has 0 unspecified atom stereocenters. The van der Waals surface area contributed by atoms with Gasteiger partial charge in [-0.1, -0.05) is 13.8 Å². The van der Waals surface area contributed by atoms with E-state index >= 15 is 0 Å². The van der Waals surface area contributed by atoms with E-state index < -0.39 is 71.9 Å². The third-order valence-corrected chi connectivity index (χ3v) is 6.20. The molecule has 3 amide bonds. The van der Waals surface area contributed by atoms with E-state index in [4.69, 9.17) is 9.47 Å². The van der Waals surface area contributed by atoms with Gasteiger partial charge in [-0.2, -0.15) is 4.98 Å². The molecule has 4 atom stereocenters. The Hall–Kier alpha value is -4.14. The molecule has 2 aromatic rings. The summed E-state index contributed by atoms with van der Waals surface area (Å²) >= 11 is 0. The smallest absolute Gasteiger partial charge is 0.303 e. The van der Waals surface area contributed by atoms with Crippen molar-refractivity contribution in [3.8, 4) is 0 Å². The number of amides is 3. The Morgan fingerprint density at radius 2 is 1.92 bits per heavy atom. The number of aliphatic carboxylic acids is 1. The van der Waals surface area contributed by atoms with Crippen molar-refractivity contribution in [2.45, 2.75) is 58.5 Å². The first kappa shape index (κ1) is 25.9. The number of H-pyrrole nitrogens is 1. The Morgan fingerprint density at radius 1 is 1.24 bits per heavy atom. The molecule has 0 bridgehead atoms. The fourth-order valence-corrected chi connectivity index (χ4v) is 4.41. The van der Waals surface area contributed by atoms with Crippen molar-refractivity contribution >= 4 is 46.8 Å². The van der Waals surface area contributed by atoms with Crippen LogP contribution in [0.1, 0.15) is 46.3 Å².